The van der Waals surface area contributed by atoms with Crippen LogP contribution in [0.1, 0.15) is 6.42 Å². The molecule has 2 unspecified atom stereocenters. The molecule has 1 aliphatic rings. The minimum atomic E-state index is -0.226. The van der Waals surface area contributed by atoms with Gasteiger partial charge in [0.15, 0.2) is 0 Å². The number of benzene rings is 1. The maximum absolute atomic E-state index is 12.1. The van der Waals surface area contributed by atoms with Gasteiger partial charge in [0.05, 0.1) is 18.4 Å². The summed E-state index contributed by atoms with van der Waals surface area (Å²) in [5, 5.41) is 5.62. The van der Waals surface area contributed by atoms with Gasteiger partial charge in [-0.3, -0.25) is 9.59 Å². The topological polar surface area (TPSA) is 70.7 Å². The van der Waals surface area contributed by atoms with E-state index in [2.05, 4.69) is 10.6 Å². The van der Waals surface area contributed by atoms with Crippen molar-refractivity contribution in [1.82, 2.24) is 5.32 Å². The van der Waals surface area contributed by atoms with Gasteiger partial charge in [0.2, 0.25) is 11.8 Å². The zero-order valence-corrected chi connectivity index (χ0v) is 13.3. The molecule has 2 N–H and O–H groups in total. The van der Waals surface area contributed by atoms with Crippen molar-refractivity contribution < 1.29 is 14.3 Å². The number of methoxy groups -OCH3 is 1. The first-order chi connectivity index (χ1) is 10.5. The average molecular weight is 305 g/mol. The molecule has 6 heteroatoms. The van der Waals surface area contributed by atoms with Crippen molar-refractivity contribution in [3.8, 4) is 0 Å². The highest BCUT2D eigenvalue weighted by Gasteiger charge is 2.47. The first kappa shape index (κ1) is 16.3. The fourth-order valence-corrected chi connectivity index (χ4v) is 2.26. The van der Waals surface area contributed by atoms with E-state index >= 15 is 0 Å². The third-order valence-corrected chi connectivity index (χ3v) is 3.72. The standard InChI is InChI=1S/C16H23N3O3/c1-19(2)12-6-4-11(5-7-12)18-16(21)14-10-13(14)15(20)17-8-9-22-3/h4-7,13-14H,8-10H2,1-3H3,(H,17,20)(H,18,21). The quantitative estimate of drug-likeness (QED) is 0.740. The molecule has 1 fully saturated rings. The van der Waals surface area contributed by atoms with Gasteiger partial charge in [-0.15, -0.1) is 0 Å². The van der Waals surface area contributed by atoms with Crippen LogP contribution in [0.5, 0.6) is 0 Å². The molecular weight excluding hydrogens is 282 g/mol. The maximum Gasteiger partial charge on any atom is 0.228 e. The van der Waals surface area contributed by atoms with Gasteiger partial charge >= 0.3 is 0 Å². The van der Waals surface area contributed by atoms with Crippen molar-refractivity contribution in [3.63, 3.8) is 0 Å². The van der Waals surface area contributed by atoms with Crippen LogP contribution in [0.25, 0.3) is 0 Å². The molecule has 120 valence electrons. The minimum Gasteiger partial charge on any atom is -0.383 e. The van der Waals surface area contributed by atoms with Crippen LogP contribution in [0.3, 0.4) is 0 Å². The number of nitrogens with zero attached hydrogens (tertiary/aromatic N) is 1. The summed E-state index contributed by atoms with van der Waals surface area (Å²) in [6, 6.07) is 7.61. The third-order valence-electron chi connectivity index (χ3n) is 3.72. The van der Waals surface area contributed by atoms with Gasteiger partial charge in [-0.1, -0.05) is 0 Å². The van der Waals surface area contributed by atoms with Crippen LogP contribution in [0, 0.1) is 11.8 Å². The Morgan fingerprint density at radius 3 is 2.41 bits per heavy atom. The summed E-state index contributed by atoms with van der Waals surface area (Å²) in [5.74, 6) is -0.598. The van der Waals surface area contributed by atoms with Crippen molar-refractivity contribution in [3.05, 3.63) is 24.3 Å². The van der Waals surface area contributed by atoms with Crippen LogP contribution < -0.4 is 15.5 Å². The lowest BCUT2D eigenvalue weighted by atomic mass is 10.2. The molecule has 1 aliphatic carbocycles. The number of carbonyl (C=O) groups is 2. The molecule has 0 aliphatic heterocycles. The van der Waals surface area contributed by atoms with Gasteiger partial charge in [-0.2, -0.15) is 0 Å². The smallest absolute Gasteiger partial charge is 0.228 e. The largest absolute Gasteiger partial charge is 0.383 e. The molecule has 2 amide bonds. The molecule has 2 atom stereocenters. The third kappa shape index (κ3) is 4.21. The van der Waals surface area contributed by atoms with Crippen molar-refractivity contribution in [2.24, 2.45) is 11.8 Å². The number of ether oxygens (including phenoxy) is 1. The molecule has 6 nitrogen and oxygen atoms in total. The highest BCUT2D eigenvalue weighted by atomic mass is 16.5. The Morgan fingerprint density at radius 2 is 1.82 bits per heavy atom. The van der Waals surface area contributed by atoms with Crippen molar-refractivity contribution in [1.29, 1.82) is 0 Å². The summed E-state index contributed by atoms with van der Waals surface area (Å²) in [6.45, 7) is 0.958. The summed E-state index contributed by atoms with van der Waals surface area (Å²) < 4.78 is 4.87. The van der Waals surface area contributed by atoms with Crippen LogP contribution in [-0.4, -0.2) is 46.2 Å². The molecule has 0 spiro atoms. The zero-order valence-electron chi connectivity index (χ0n) is 13.3. The Morgan fingerprint density at radius 1 is 1.18 bits per heavy atom. The average Bonchev–Trinajstić information content (AvgIpc) is 3.28. The Bertz CT molecular complexity index is 528. The monoisotopic (exact) mass is 305 g/mol. The molecule has 0 saturated heterocycles. The molecule has 0 bridgehead atoms. The van der Waals surface area contributed by atoms with E-state index in [4.69, 9.17) is 4.74 Å². The Balaban J connectivity index is 1.80. The first-order valence-electron chi connectivity index (χ1n) is 7.38. The number of rotatable bonds is 7. The Hall–Kier alpha value is -2.08. The lowest BCUT2D eigenvalue weighted by Gasteiger charge is -2.13. The van der Waals surface area contributed by atoms with Gasteiger partial charge in [-0.05, 0) is 30.7 Å². The van der Waals surface area contributed by atoms with E-state index < -0.39 is 0 Å². The molecule has 1 saturated carbocycles. The first-order valence-corrected chi connectivity index (χ1v) is 7.38. The van der Waals surface area contributed by atoms with E-state index in [-0.39, 0.29) is 23.7 Å². The van der Waals surface area contributed by atoms with E-state index in [0.29, 0.717) is 19.6 Å². The fourth-order valence-electron chi connectivity index (χ4n) is 2.26. The number of carbonyl (C=O) groups excluding carboxylic acids is 2. The molecule has 1 aromatic carbocycles. The lowest BCUT2D eigenvalue weighted by molar-refractivity contribution is -0.125. The molecular formula is C16H23N3O3. The van der Waals surface area contributed by atoms with E-state index in [9.17, 15) is 9.59 Å². The summed E-state index contributed by atoms with van der Waals surface area (Å²) >= 11 is 0. The van der Waals surface area contributed by atoms with Crippen LogP contribution >= 0.6 is 0 Å². The number of hydrogen-bond acceptors (Lipinski definition) is 4. The van der Waals surface area contributed by atoms with Gasteiger partial charge in [-0.25, -0.2) is 0 Å². The van der Waals surface area contributed by atoms with Crippen LogP contribution in [-0.2, 0) is 14.3 Å². The van der Waals surface area contributed by atoms with Crippen LogP contribution in [0.2, 0.25) is 0 Å². The van der Waals surface area contributed by atoms with Crippen molar-refractivity contribution in [2.45, 2.75) is 6.42 Å². The molecule has 1 aromatic rings. The summed E-state index contributed by atoms with van der Waals surface area (Å²) in [4.78, 5) is 25.9. The van der Waals surface area contributed by atoms with Crippen molar-refractivity contribution >= 4 is 23.2 Å². The summed E-state index contributed by atoms with van der Waals surface area (Å²) in [5.41, 5.74) is 1.82. The number of nitrogens with one attached hydrogen (secondary N) is 2. The van der Waals surface area contributed by atoms with Crippen LogP contribution in [0.15, 0.2) is 24.3 Å². The number of amides is 2. The molecule has 22 heavy (non-hydrogen) atoms. The van der Waals surface area contributed by atoms with Gasteiger partial charge < -0.3 is 20.3 Å². The fraction of sp³-hybridized carbons (Fsp3) is 0.500. The second-order valence-electron chi connectivity index (χ2n) is 5.66. The van der Waals surface area contributed by atoms with E-state index in [1.165, 1.54) is 0 Å². The van der Waals surface area contributed by atoms with Gasteiger partial charge in [0, 0.05) is 39.1 Å². The molecule has 2 rings (SSSR count). The number of anilines is 2. The highest BCUT2D eigenvalue weighted by molar-refractivity contribution is 5.99. The van der Waals surface area contributed by atoms with E-state index in [1.54, 1.807) is 7.11 Å². The predicted octanol–water partition coefficient (Wildman–Crippen LogP) is 1.09. The van der Waals surface area contributed by atoms with Crippen LogP contribution in [0.4, 0.5) is 11.4 Å². The van der Waals surface area contributed by atoms with Gasteiger partial charge in [0.25, 0.3) is 0 Å². The second-order valence-corrected chi connectivity index (χ2v) is 5.66. The Labute approximate surface area is 130 Å². The zero-order chi connectivity index (χ0) is 16.1. The SMILES string of the molecule is COCCNC(=O)C1CC1C(=O)Nc1ccc(N(C)C)cc1. The molecule has 0 aromatic heterocycles. The normalized spacial score (nSPS) is 19.4. The van der Waals surface area contributed by atoms with Crippen molar-refractivity contribution in [2.75, 3.05) is 44.6 Å². The highest BCUT2D eigenvalue weighted by Crippen LogP contribution is 2.39. The van der Waals surface area contributed by atoms with Gasteiger partial charge in [0.1, 0.15) is 0 Å². The number of hydrogen-bond donors (Lipinski definition) is 2. The summed E-state index contributed by atoms with van der Waals surface area (Å²) in [6.07, 6.45) is 0.612. The maximum atomic E-state index is 12.1. The summed E-state index contributed by atoms with van der Waals surface area (Å²) in [7, 11) is 5.51. The second kappa shape index (κ2) is 7.26. The minimum absolute atomic E-state index is 0.0693. The van der Waals surface area contributed by atoms with E-state index in [1.807, 2.05) is 43.3 Å². The predicted molar refractivity (Wildman–Crippen MR) is 85.9 cm³/mol. The van der Waals surface area contributed by atoms with E-state index in [0.717, 1.165) is 11.4 Å². The Kier molecular flexibility index (Phi) is 5.38. The molecule has 0 heterocycles. The lowest BCUT2D eigenvalue weighted by Crippen LogP contribution is -2.30. The molecule has 0 radical (unpaired) electrons.